The minimum Gasteiger partial charge on any atom is -0.465 e. The third kappa shape index (κ3) is 3.93. The summed E-state index contributed by atoms with van der Waals surface area (Å²) in [7, 11) is 3.19. The summed E-state index contributed by atoms with van der Waals surface area (Å²) in [6.45, 7) is 0. The highest BCUT2D eigenvalue weighted by Crippen LogP contribution is 2.40. The molecular weight excluding hydrogens is 344 g/mol. The number of hydrogen-bond acceptors (Lipinski definition) is 4. The second-order valence-electron chi connectivity index (χ2n) is 6.00. The summed E-state index contributed by atoms with van der Waals surface area (Å²) in [5, 5.41) is 5.92. The molecule has 2 amide bonds. The summed E-state index contributed by atoms with van der Waals surface area (Å²) in [6.07, 6.45) is 5.71. The molecule has 8 heteroatoms. The summed E-state index contributed by atoms with van der Waals surface area (Å²) in [5.74, 6) is 0.707. The Morgan fingerprint density at radius 2 is 2.16 bits per heavy atom. The number of hydrogen-bond donors (Lipinski definition) is 2. The maximum absolute atomic E-state index is 12.4. The topological polar surface area (TPSA) is 85.2 Å². The monoisotopic (exact) mass is 362 g/mol. The zero-order valence-electron chi connectivity index (χ0n) is 14.0. The number of carbonyl (C=O) groups excluding carboxylic acids is 2. The van der Waals surface area contributed by atoms with Gasteiger partial charge in [-0.1, -0.05) is 11.6 Å². The van der Waals surface area contributed by atoms with Gasteiger partial charge in [-0.15, -0.1) is 0 Å². The van der Waals surface area contributed by atoms with Crippen molar-refractivity contribution >= 4 is 29.3 Å². The molecule has 1 heterocycles. The standard InChI is InChI=1S/C17H19ClN4O3/c1-22-8-7-19-15(22)14(10-3-4-10)21-17(24)20-11-5-6-12(13(18)9-11)16(23)25-2/h5-10,14H,3-4H2,1-2H3,(H2,20,21,24)/t14-/m1/s1. The van der Waals surface area contributed by atoms with Crippen LogP contribution in [0.5, 0.6) is 0 Å². The van der Waals surface area contributed by atoms with Gasteiger partial charge in [0, 0.05) is 25.1 Å². The van der Waals surface area contributed by atoms with Gasteiger partial charge in [-0.3, -0.25) is 0 Å². The molecule has 2 N–H and O–H groups in total. The third-order valence-electron chi connectivity index (χ3n) is 4.15. The molecule has 2 aromatic rings. The SMILES string of the molecule is COC(=O)c1ccc(NC(=O)N[C@@H](c2nccn2C)C2CC2)cc1Cl. The smallest absolute Gasteiger partial charge is 0.339 e. The van der Waals surface area contributed by atoms with Crippen LogP contribution >= 0.6 is 11.6 Å². The van der Waals surface area contributed by atoms with Crippen molar-refractivity contribution in [2.45, 2.75) is 18.9 Å². The van der Waals surface area contributed by atoms with E-state index in [2.05, 4.69) is 20.4 Å². The molecule has 1 aliphatic rings. The first-order valence-corrected chi connectivity index (χ1v) is 8.30. The van der Waals surface area contributed by atoms with Gasteiger partial charge < -0.3 is 19.9 Å². The predicted molar refractivity (Wildman–Crippen MR) is 93.6 cm³/mol. The number of imidazole rings is 1. The lowest BCUT2D eigenvalue weighted by molar-refractivity contribution is 0.0601. The first-order valence-electron chi connectivity index (χ1n) is 7.92. The summed E-state index contributed by atoms with van der Waals surface area (Å²) >= 11 is 6.07. The number of halogens is 1. The first-order chi connectivity index (χ1) is 12.0. The Balaban J connectivity index is 1.68. The van der Waals surface area contributed by atoms with Crippen LogP contribution in [0.1, 0.15) is 35.1 Å². The number of urea groups is 1. The lowest BCUT2D eigenvalue weighted by Gasteiger charge is -2.18. The van der Waals surface area contributed by atoms with E-state index in [0.29, 0.717) is 11.6 Å². The Kier molecular flexibility index (Phi) is 4.94. The van der Waals surface area contributed by atoms with Gasteiger partial charge in [0.25, 0.3) is 0 Å². The maximum atomic E-state index is 12.4. The Bertz CT molecular complexity index is 801. The van der Waals surface area contributed by atoms with Crippen LogP contribution in [0.4, 0.5) is 10.5 Å². The van der Waals surface area contributed by atoms with Crippen molar-refractivity contribution in [1.29, 1.82) is 0 Å². The Morgan fingerprint density at radius 1 is 1.40 bits per heavy atom. The van der Waals surface area contributed by atoms with E-state index in [0.717, 1.165) is 18.7 Å². The molecular formula is C17H19ClN4O3. The van der Waals surface area contributed by atoms with E-state index in [1.807, 2.05) is 17.8 Å². The highest BCUT2D eigenvalue weighted by molar-refractivity contribution is 6.33. The lowest BCUT2D eigenvalue weighted by Crippen LogP contribution is -2.35. The summed E-state index contributed by atoms with van der Waals surface area (Å²) in [6, 6.07) is 4.15. The van der Waals surface area contributed by atoms with Gasteiger partial charge in [0.1, 0.15) is 5.82 Å². The predicted octanol–water partition coefficient (Wildman–Crippen LogP) is 3.13. The molecule has 0 radical (unpaired) electrons. The van der Waals surface area contributed by atoms with Crippen LogP contribution in [0, 0.1) is 5.92 Å². The zero-order valence-corrected chi connectivity index (χ0v) is 14.7. The average molecular weight is 363 g/mol. The summed E-state index contributed by atoms with van der Waals surface area (Å²) < 4.78 is 6.55. The molecule has 1 aliphatic carbocycles. The highest BCUT2D eigenvalue weighted by Gasteiger charge is 2.35. The quantitative estimate of drug-likeness (QED) is 0.800. The minimum atomic E-state index is -0.524. The van der Waals surface area contributed by atoms with Crippen molar-refractivity contribution < 1.29 is 14.3 Å². The number of nitrogens with one attached hydrogen (secondary N) is 2. The number of esters is 1. The van der Waals surface area contributed by atoms with Gasteiger partial charge in [0.2, 0.25) is 0 Å². The van der Waals surface area contributed by atoms with Crippen LogP contribution in [-0.2, 0) is 11.8 Å². The van der Waals surface area contributed by atoms with Crippen LogP contribution in [0.3, 0.4) is 0 Å². The average Bonchev–Trinajstić information content (AvgIpc) is 3.33. The van der Waals surface area contributed by atoms with E-state index in [1.54, 1.807) is 12.3 Å². The number of aryl methyl sites for hydroxylation is 1. The Morgan fingerprint density at radius 3 is 2.72 bits per heavy atom. The fourth-order valence-electron chi connectivity index (χ4n) is 2.68. The maximum Gasteiger partial charge on any atom is 0.339 e. The number of amides is 2. The molecule has 1 aromatic heterocycles. The van der Waals surface area contributed by atoms with Crippen LogP contribution < -0.4 is 10.6 Å². The van der Waals surface area contributed by atoms with Crippen molar-refractivity contribution in [3.05, 3.63) is 47.0 Å². The van der Waals surface area contributed by atoms with Gasteiger partial charge in [-0.25, -0.2) is 14.6 Å². The normalized spacial score (nSPS) is 14.7. The van der Waals surface area contributed by atoms with Crippen molar-refractivity contribution in [2.24, 2.45) is 13.0 Å². The summed E-state index contributed by atoms with van der Waals surface area (Å²) in [5.41, 5.74) is 0.739. The largest absolute Gasteiger partial charge is 0.465 e. The number of anilines is 1. The van der Waals surface area contributed by atoms with Gasteiger partial charge >= 0.3 is 12.0 Å². The van der Waals surface area contributed by atoms with Crippen molar-refractivity contribution in [1.82, 2.24) is 14.9 Å². The van der Waals surface area contributed by atoms with Gasteiger partial charge in [-0.05, 0) is 37.0 Å². The molecule has 0 aliphatic heterocycles. The molecule has 25 heavy (non-hydrogen) atoms. The van der Waals surface area contributed by atoms with Crippen LogP contribution in [-0.4, -0.2) is 28.7 Å². The van der Waals surface area contributed by atoms with Crippen LogP contribution in [0.25, 0.3) is 0 Å². The fraction of sp³-hybridized carbons (Fsp3) is 0.353. The van der Waals surface area contributed by atoms with Crippen molar-refractivity contribution in [2.75, 3.05) is 12.4 Å². The third-order valence-corrected chi connectivity index (χ3v) is 4.46. The highest BCUT2D eigenvalue weighted by atomic mass is 35.5. The van der Waals surface area contributed by atoms with Crippen molar-refractivity contribution in [3.8, 4) is 0 Å². The number of methoxy groups -OCH3 is 1. The minimum absolute atomic E-state index is 0.134. The van der Waals surface area contributed by atoms with E-state index >= 15 is 0 Å². The van der Waals surface area contributed by atoms with Crippen molar-refractivity contribution in [3.63, 3.8) is 0 Å². The number of benzene rings is 1. The summed E-state index contributed by atoms with van der Waals surface area (Å²) in [4.78, 5) is 28.2. The molecule has 1 aromatic carbocycles. The second-order valence-corrected chi connectivity index (χ2v) is 6.40. The Hall–Kier alpha value is -2.54. The molecule has 0 saturated heterocycles. The van der Waals surface area contributed by atoms with E-state index in [1.165, 1.54) is 19.2 Å². The molecule has 3 rings (SSSR count). The number of ether oxygens (including phenoxy) is 1. The van der Waals surface area contributed by atoms with Gasteiger partial charge in [0.15, 0.2) is 0 Å². The fourth-order valence-corrected chi connectivity index (χ4v) is 2.93. The molecule has 0 spiro atoms. The van der Waals surface area contributed by atoms with Gasteiger partial charge in [0.05, 0.1) is 23.7 Å². The molecule has 0 bridgehead atoms. The van der Waals surface area contributed by atoms with E-state index in [9.17, 15) is 9.59 Å². The lowest BCUT2D eigenvalue weighted by atomic mass is 10.1. The Labute approximate surface area is 150 Å². The van der Waals surface area contributed by atoms with E-state index in [-0.39, 0.29) is 22.7 Å². The molecule has 7 nitrogen and oxygen atoms in total. The second kappa shape index (κ2) is 7.14. The number of aromatic nitrogens is 2. The molecule has 132 valence electrons. The van der Waals surface area contributed by atoms with E-state index < -0.39 is 5.97 Å². The zero-order chi connectivity index (χ0) is 18.0. The number of nitrogens with zero attached hydrogens (tertiary/aromatic N) is 2. The van der Waals surface area contributed by atoms with Crippen LogP contribution in [0.2, 0.25) is 5.02 Å². The first kappa shape index (κ1) is 17.3. The van der Waals surface area contributed by atoms with Gasteiger partial charge in [-0.2, -0.15) is 0 Å². The molecule has 1 saturated carbocycles. The molecule has 0 unspecified atom stereocenters. The molecule has 1 fully saturated rings. The van der Waals surface area contributed by atoms with E-state index in [4.69, 9.17) is 11.6 Å². The number of rotatable bonds is 5. The molecule has 1 atom stereocenters. The number of carbonyl (C=O) groups is 2. The van der Waals surface area contributed by atoms with Crippen LogP contribution in [0.15, 0.2) is 30.6 Å².